The summed E-state index contributed by atoms with van der Waals surface area (Å²) in [7, 11) is 0. The van der Waals surface area contributed by atoms with Gasteiger partial charge in [0.15, 0.2) is 5.13 Å². The van der Waals surface area contributed by atoms with Crippen molar-refractivity contribution in [3.63, 3.8) is 0 Å². The Hall–Kier alpha value is -2.25. The number of likely N-dealkylation sites (tertiary alicyclic amines) is 1. The van der Waals surface area contributed by atoms with E-state index < -0.39 is 0 Å². The van der Waals surface area contributed by atoms with E-state index in [-0.39, 0.29) is 11.8 Å². The Morgan fingerprint density at radius 3 is 2.50 bits per heavy atom. The van der Waals surface area contributed by atoms with Crippen molar-refractivity contribution in [1.82, 2.24) is 15.2 Å². The summed E-state index contributed by atoms with van der Waals surface area (Å²) in [5.41, 5.74) is 3.01. The highest BCUT2D eigenvalue weighted by atomic mass is 32.1. The predicted molar refractivity (Wildman–Crippen MR) is 113 cm³/mol. The minimum Gasteiger partial charge on any atom is -0.356 e. The zero-order valence-corrected chi connectivity index (χ0v) is 17.6. The zero-order chi connectivity index (χ0) is 20.1. The molecule has 2 amide bonds. The molecule has 1 aliphatic rings. The van der Waals surface area contributed by atoms with Crippen LogP contribution in [0.4, 0.5) is 10.8 Å². The molecule has 0 bridgehead atoms. The molecule has 2 heterocycles. The third-order valence-corrected chi connectivity index (χ3v) is 5.95. The van der Waals surface area contributed by atoms with E-state index in [0.29, 0.717) is 11.0 Å². The van der Waals surface area contributed by atoms with Crippen molar-refractivity contribution in [1.29, 1.82) is 0 Å². The molecule has 7 heteroatoms. The molecule has 28 heavy (non-hydrogen) atoms. The van der Waals surface area contributed by atoms with Gasteiger partial charge in [-0.05, 0) is 50.9 Å². The molecular weight excluding hydrogens is 372 g/mol. The van der Waals surface area contributed by atoms with Gasteiger partial charge in [-0.3, -0.25) is 19.4 Å². The number of aromatic nitrogens is 1. The van der Waals surface area contributed by atoms with E-state index in [9.17, 15) is 9.59 Å². The summed E-state index contributed by atoms with van der Waals surface area (Å²) in [4.78, 5) is 32.1. The highest BCUT2D eigenvalue weighted by molar-refractivity contribution is 7.14. The van der Waals surface area contributed by atoms with Gasteiger partial charge in [-0.2, -0.15) is 0 Å². The molecule has 6 nitrogen and oxygen atoms in total. The number of hydrogen-bond acceptors (Lipinski definition) is 5. The number of nitrogens with one attached hydrogen (secondary N) is 1. The van der Waals surface area contributed by atoms with Gasteiger partial charge in [0.05, 0.1) is 11.4 Å². The quantitative estimate of drug-likeness (QED) is 0.806. The molecule has 0 radical (unpaired) electrons. The average Bonchev–Trinajstić information content (AvgIpc) is 3.10. The number of rotatable bonds is 6. The Morgan fingerprint density at radius 1 is 1.21 bits per heavy atom. The summed E-state index contributed by atoms with van der Waals surface area (Å²) in [6.45, 7) is 8.74. The molecule has 1 aromatic heterocycles. The van der Waals surface area contributed by atoms with E-state index >= 15 is 0 Å². The maximum absolute atomic E-state index is 12.2. The topological polar surface area (TPSA) is 65.5 Å². The lowest BCUT2D eigenvalue weighted by molar-refractivity contribution is -0.119. The van der Waals surface area contributed by atoms with E-state index in [0.717, 1.165) is 56.0 Å². The van der Waals surface area contributed by atoms with Gasteiger partial charge in [-0.25, -0.2) is 4.98 Å². The van der Waals surface area contributed by atoms with Gasteiger partial charge in [0.25, 0.3) is 0 Å². The SMILES string of the molecule is CC(=O)NCC1CCN(Cc2csc(N(C(C)=O)c3ccc(C)cc3)n2)CC1. The molecule has 1 saturated heterocycles. The molecular formula is C21H28N4O2S. The van der Waals surface area contributed by atoms with Crippen molar-refractivity contribution < 1.29 is 9.59 Å². The Labute approximate surface area is 170 Å². The van der Waals surface area contributed by atoms with Crippen LogP contribution in [-0.2, 0) is 16.1 Å². The Morgan fingerprint density at radius 2 is 1.89 bits per heavy atom. The maximum Gasteiger partial charge on any atom is 0.230 e. The van der Waals surface area contributed by atoms with E-state index in [1.807, 2.05) is 36.6 Å². The van der Waals surface area contributed by atoms with Crippen LogP contribution in [0.2, 0.25) is 0 Å². The largest absolute Gasteiger partial charge is 0.356 e. The molecule has 2 aromatic rings. The number of carbonyl (C=O) groups is 2. The molecule has 0 atom stereocenters. The van der Waals surface area contributed by atoms with E-state index in [1.54, 1.807) is 18.7 Å². The van der Waals surface area contributed by atoms with Gasteiger partial charge >= 0.3 is 0 Å². The lowest BCUT2D eigenvalue weighted by Crippen LogP contribution is -2.37. The first kappa shape index (κ1) is 20.5. The monoisotopic (exact) mass is 400 g/mol. The fourth-order valence-electron chi connectivity index (χ4n) is 3.46. The first-order chi connectivity index (χ1) is 13.4. The number of nitrogens with zero attached hydrogens (tertiary/aromatic N) is 3. The first-order valence-corrected chi connectivity index (χ1v) is 10.6. The fraction of sp³-hybridized carbons (Fsp3) is 0.476. The number of anilines is 2. The summed E-state index contributed by atoms with van der Waals surface area (Å²) in [5, 5.41) is 5.68. The average molecular weight is 401 g/mol. The van der Waals surface area contributed by atoms with Gasteiger partial charge in [0.2, 0.25) is 11.8 Å². The van der Waals surface area contributed by atoms with Crippen molar-refractivity contribution in [3.05, 3.63) is 40.9 Å². The number of piperidine rings is 1. The van der Waals surface area contributed by atoms with E-state index in [1.165, 1.54) is 11.3 Å². The number of hydrogen-bond donors (Lipinski definition) is 1. The van der Waals surface area contributed by atoms with Gasteiger partial charge < -0.3 is 5.32 Å². The molecule has 1 aromatic carbocycles. The van der Waals surface area contributed by atoms with Crippen LogP contribution in [0.25, 0.3) is 0 Å². The Balaban J connectivity index is 1.60. The number of thiazole rings is 1. The molecule has 0 aliphatic carbocycles. The van der Waals surface area contributed by atoms with Crippen molar-refractivity contribution in [2.24, 2.45) is 5.92 Å². The van der Waals surface area contributed by atoms with Crippen LogP contribution in [-0.4, -0.2) is 41.3 Å². The van der Waals surface area contributed by atoms with Gasteiger partial charge in [0.1, 0.15) is 0 Å². The minimum atomic E-state index is -0.0384. The predicted octanol–water partition coefficient (Wildman–Crippen LogP) is 3.48. The lowest BCUT2D eigenvalue weighted by Gasteiger charge is -2.31. The summed E-state index contributed by atoms with van der Waals surface area (Å²) >= 11 is 1.51. The second-order valence-corrected chi connectivity index (χ2v) is 8.30. The van der Waals surface area contributed by atoms with Crippen LogP contribution in [0.3, 0.4) is 0 Å². The number of amides is 2. The lowest BCUT2D eigenvalue weighted by atomic mass is 9.97. The van der Waals surface area contributed by atoms with Crippen LogP contribution >= 0.6 is 11.3 Å². The van der Waals surface area contributed by atoms with Crippen LogP contribution in [0.1, 0.15) is 37.9 Å². The Kier molecular flexibility index (Phi) is 6.80. The molecule has 150 valence electrons. The minimum absolute atomic E-state index is 0.0384. The van der Waals surface area contributed by atoms with Crippen molar-refractivity contribution in [2.45, 2.75) is 40.2 Å². The number of aryl methyl sites for hydroxylation is 1. The van der Waals surface area contributed by atoms with Gasteiger partial charge in [-0.1, -0.05) is 17.7 Å². The third kappa shape index (κ3) is 5.39. The Bertz CT molecular complexity index is 810. The highest BCUT2D eigenvalue weighted by Gasteiger charge is 2.22. The van der Waals surface area contributed by atoms with E-state index in [4.69, 9.17) is 4.98 Å². The maximum atomic E-state index is 12.2. The molecule has 1 N–H and O–H groups in total. The van der Waals surface area contributed by atoms with Crippen LogP contribution in [0, 0.1) is 12.8 Å². The molecule has 0 unspecified atom stereocenters. The van der Waals surface area contributed by atoms with Crippen LogP contribution in [0.5, 0.6) is 0 Å². The first-order valence-electron chi connectivity index (χ1n) is 9.71. The number of benzene rings is 1. The van der Waals surface area contributed by atoms with Crippen molar-refractivity contribution >= 4 is 34.0 Å². The molecule has 0 saturated carbocycles. The van der Waals surface area contributed by atoms with Crippen LogP contribution < -0.4 is 10.2 Å². The molecule has 1 fully saturated rings. The van der Waals surface area contributed by atoms with E-state index in [2.05, 4.69) is 10.2 Å². The fourth-order valence-corrected chi connectivity index (χ4v) is 4.34. The van der Waals surface area contributed by atoms with Crippen molar-refractivity contribution in [3.8, 4) is 0 Å². The van der Waals surface area contributed by atoms with Crippen molar-refractivity contribution in [2.75, 3.05) is 24.5 Å². The standard InChI is InChI=1S/C21H28N4O2S/c1-15-4-6-20(7-5-15)25(17(3)27)21-23-19(14-28-21)13-24-10-8-18(9-11-24)12-22-16(2)26/h4-7,14,18H,8-13H2,1-3H3,(H,22,26). The van der Waals surface area contributed by atoms with Crippen LogP contribution in [0.15, 0.2) is 29.6 Å². The summed E-state index contributed by atoms with van der Waals surface area (Å²) < 4.78 is 0. The molecule has 0 spiro atoms. The molecule has 1 aliphatic heterocycles. The zero-order valence-electron chi connectivity index (χ0n) is 16.8. The molecule has 3 rings (SSSR count). The second kappa shape index (κ2) is 9.30. The summed E-state index contributed by atoms with van der Waals surface area (Å²) in [6, 6.07) is 7.92. The highest BCUT2D eigenvalue weighted by Crippen LogP contribution is 2.30. The third-order valence-electron chi connectivity index (χ3n) is 5.07. The summed E-state index contributed by atoms with van der Waals surface area (Å²) in [5.74, 6) is 0.561. The summed E-state index contributed by atoms with van der Waals surface area (Å²) in [6.07, 6.45) is 2.17. The smallest absolute Gasteiger partial charge is 0.230 e. The number of carbonyl (C=O) groups excluding carboxylic acids is 2. The van der Waals surface area contributed by atoms with Gasteiger partial charge in [-0.15, -0.1) is 11.3 Å². The normalized spacial score (nSPS) is 15.4. The van der Waals surface area contributed by atoms with Gasteiger partial charge in [0, 0.05) is 32.3 Å². The second-order valence-electron chi connectivity index (χ2n) is 7.47.